The Labute approximate surface area is 121 Å². The molecule has 0 aromatic carbocycles. The maximum atomic E-state index is 11.4. The summed E-state index contributed by atoms with van der Waals surface area (Å²) in [5.74, 6) is -1.07. The number of carboxylic acids is 1. The lowest BCUT2D eigenvalue weighted by Crippen LogP contribution is -2.26. The zero-order chi connectivity index (χ0) is 15.1. The highest BCUT2D eigenvalue weighted by atomic mass is 16.5. The fourth-order valence-electron chi connectivity index (χ4n) is 1.69. The molecule has 0 aliphatic carbocycles. The molecule has 0 spiro atoms. The van der Waals surface area contributed by atoms with Crippen LogP contribution in [-0.4, -0.2) is 30.3 Å². The van der Waals surface area contributed by atoms with Gasteiger partial charge in [0.2, 0.25) is 5.91 Å². The van der Waals surface area contributed by atoms with E-state index in [1.807, 2.05) is 6.08 Å². The van der Waals surface area contributed by atoms with Crippen LogP contribution in [-0.2, 0) is 14.3 Å². The number of hydrogen-bond donors (Lipinski definition) is 2. The minimum atomic E-state index is -1.02. The van der Waals surface area contributed by atoms with Gasteiger partial charge in [0, 0.05) is 6.42 Å². The van der Waals surface area contributed by atoms with Crippen LogP contribution in [0.15, 0.2) is 12.7 Å². The lowest BCUT2D eigenvalue weighted by Gasteiger charge is -2.05. The van der Waals surface area contributed by atoms with Crippen LogP contribution in [0.1, 0.15) is 51.4 Å². The highest BCUT2D eigenvalue weighted by Crippen LogP contribution is 2.08. The molecule has 0 rings (SSSR count). The van der Waals surface area contributed by atoms with E-state index in [0.29, 0.717) is 6.42 Å². The van der Waals surface area contributed by atoms with E-state index in [9.17, 15) is 9.59 Å². The Bertz CT molecular complexity index is 279. The molecule has 115 valence electrons. The van der Waals surface area contributed by atoms with Crippen LogP contribution in [0.4, 0.5) is 0 Å². The van der Waals surface area contributed by atoms with E-state index in [4.69, 9.17) is 9.84 Å². The predicted molar refractivity (Wildman–Crippen MR) is 78.0 cm³/mol. The average Bonchev–Trinajstić information content (AvgIpc) is 2.41. The Morgan fingerprint density at radius 2 is 1.75 bits per heavy atom. The van der Waals surface area contributed by atoms with Crippen molar-refractivity contribution in [3.63, 3.8) is 0 Å². The van der Waals surface area contributed by atoms with Gasteiger partial charge >= 0.3 is 5.97 Å². The van der Waals surface area contributed by atoms with Crippen molar-refractivity contribution < 1.29 is 19.4 Å². The fraction of sp³-hybridized carbons (Fsp3) is 0.667. The molecule has 0 heterocycles. The molecule has 0 saturated heterocycles. The summed E-state index contributed by atoms with van der Waals surface area (Å²) in [5, 5.41) is 10.9. The molecule has 0 saturated carbocycles. The van der Waals surface area contributed by atoms with Gasteiger partial charge in [-0.2, -0.15) is 0 Å². The Balaban J connectivity index is 3.20. The molecule has 1 amide bonds. The number of allylic oxidation sites excluding steroid dienone is 1. The van der Waals surface area contributed by atoms with Crippen LogP contribution < -0.4 is 5.32 Å². The Hall–Kier alpha value is -1.36. The maximum Gasteiger partial charge on any atom is 0.309 e. The van der Waals surface area contributed by atoms with Crippen molar-refractivity contribution in [1.82, 2.24) is 5.32 Å². The number of rotatable bonds is 14. The van der Waals surface area contributed by atoms with Gasteiger partial charge in [0.25, 0.3) is 0 Å². The summed E-state index contributed by atoms with van der Waals surface area (Å²) in [6.45, 7) is 3.75. The molecule has 20 heavy (non-hydrogen) atoms. The van der Waals surface area contributed by atoms with Crippen LogP contribution in [0, 0.1) is 6.42 Å². The second-order valence-electron chi connectivity index (χ2n) is 4.61. The van der Waals surface area contributed by atoms with Gasteiger partial charge in [-0.3, -0.25) is 9.59 Å². The third-order valence-corrected chi connectivity index (χ3v) is 2.81. The smallest absolute Gasteiger partial charge is 0.309 e. The van der Waals surface area contributed by atoms with Crippen molar-refractivity contribution in [1.29, 1.82) is 0 Å². The second kappa shape index (κ2) is 14.1. The molecular weight excluding hydrogens is 258 g/mol. The lowest BCUT2D eigenvalue weighted by atomic mass is 10.1. The number of aliphatic carboxylic acids is 1. The molecule has 0 bridgehead atoms. The summed E-state index contributed by atoms with van der Waals surface area (Å²) in [6.07, 6.45) is 11.3. The minimum absolute atomic E-state index is 0.000319. The number of hydrogen-bond acceptors (Lipinski definition) is 3. The predicted octanol–water partition coefficient (Wildman–Crippen LogP) is 2.67. The summed E-state index contributed by atoms with van der Waals surface area (Å²) >= 11 is 0. The number of nitrogens with one attached hydrogen (secondary N) is 1. The van der Waals surface area contributed by atoms with Gasteiger partial charge in [-0.25, -0.2) is 0 Å². The van der Waals surface area contributed by atoms with Gasteiger partial charge in [0.1, 0.15) is 6.73 Å². The van der Waals surface area contributed by atoms with Gasteiger partial charge in [-0.15, -0.1) is 6.58 Å². The van der Waals surface area contributed by atoms with E-state index in [2.05, 4.69) is 11.9 Å². The first-order chi connectivity index (χ1) is 9.66. The molecule has 5 heteroatoms. The van der Waals surface area contributed by atoms with Gasteiger partial charge in [-0.05, 0) is 19.3 Å². The topological polar surface area (TPSA) is 75.6 Å². The van der Waals surface area contributed by atoms with Crippen molar-refractivity contribution in [2.45, 2.75) is 51.4 Å². The molecule has 5 nitrogen and oxygen atoms in total. The van der Waals surface area contributed by atoms with Crippen LogP contribution in [0.2, 0.25) is 0 Å². The van der Waals surface area contributed by atoms with Crippen molar-refractivity contribution in [3.05, 3.63) is 19.1 Å². The standard InChI is InChI=1S/C15H26NO4/c1-2-3-4-5-6-7-8-9-10-14(17)16-13-20-12-11-15(18)19/h2,11H,1,3-10,12-13H2,(H,16,17)(H,18,19). The van der Waals surface area contributed by atoms with Crippen LogP contribution in [0.25, 0.3) is 0 Å². The first kappa shape index (κ1) is 18.6. The number of amides is 1. The third kappa shape index (κ3) is 14.7. The Morgan fingerprint density at radius 1 is 1.10 bits per heavy atom. The normalized spacial score (nSPS) is 10.2. The van der Waals surface area contributed by atoms with E-state index in [1.54, 1.807) is 0 Å². The summed E-state index contributed by atoms with van der Waals surface area (Å²) in [7, 11) is 0. The Kier molecular flexibility index (Phi) is 13.1. The van der Waals surface area contributed by atoms with E-state index in [0.717, 1.165) is 32.1 Å². The molecule has 0 fully saturated rings. The first-order valence-corrected chi connectivity index (χ1v) is 7.18. The number of carbonyl (C=O) groups excluding carboxylic acids is 1. The van der Waals surface area contributed by atoms with E-state index < -0.39 is 5.97 Å². The fourth-order valence-corrected chi connectivity index (χ4v) is 1.69. The van der Waals surface area contributed by atoms with Crippen molar-refractivity contribution in [2.75, 3.05) is 13.3 Å². The molecule has 0 aliphatic rings. The van der Waals surface area contributed by atoms with E-state index in [1.165, 1.54) is 19.3 Å². The summed E-state index contributed by atoms with van der Waals surface area (Å²) in [5.41, 5.74) is 0. The lowest BCUT2D eigenvalue weighted by molar-refractivity contribution is -0.133. The van der Waals surface area contributed by atoms with Crippen molar-refractivity contribution in [2.24, 2.45) is 0 Å². The number of carbonyl (C=O) groups is 2. The molecule has 0 unspecified atom stereocenters. The molecule has 0 aromatic rings. The number of ether oxygens (including phenoxy) is 1. The zero-order valence-corrected chi connectivity index (χ0v) is 12.1. The molecule has 1 radical (unpaired) electrons. The zero-order valence-electron chi connectivity index (χ0n) is 12.1. The summed E-state index contributed by atoms with van der Waals surface area (Å²) in [4.78, 5) is 21.5. The highest BCUT2D eigenvalue weighted by molar-refractivity contribution is 5.76. The Morgan fingerprint density at radius 3 is 2.40 bits per heavy atom. The monoisotopic (exact) mass is 284 g/mol. The third-order valence-electron chi connectivity index (χ3n) is 2.81. The van der Waals surface area contributed by atoms with Crippen LogP contribution in [0.3, 0.4) is 0 Å². The second-order valence-corrected chi connectivity index (χ2v) is 4.61. The molecule has 2 N–H and O–H groups in total. The number of unbranched alkanes of at least 4 members (excludes halogenated alkanes) is 6. The van der Waals surface area contributed by atoms with E-state index >= 15 is 0 Å². The number of carboxylic acid groups (broad SMARTS) is 1. The summed E-state index contributed by atoms with van der Waals surface area (Å²) in [6, 6.07) is 0. The first-order valence-electron chi connectivity index (χ1n) is 7.18. The maximum absolute atomic E-state index is 11.4. The van der Waals surface area contributed by atoms with E-state index in [-0.39, 0.29) is 19.2 Å². The molecular formula is C15H26NO4. The van der Waals surface area contributed by atoms with Crippen molar-refractivity contribution in [3.8, 4) is 0 Å². The van der Waals surface area contributed by atoms with Gasteiger partial charge in [0.05, 0.1) is 13.0 Å². The largest absolute Gasteiger partial charge is 0.481 e. The van der Waals surface area contributed by atoms with Crippen LogP contribution >= 0.6 is 0 Å². The van der Waals surface area contributed by atoms with Crippen LogP contribution in [0.5, 0.6) is 0 Å². The van der Waals surface area contributed by atoms with Crippen molar-refractivity contribution >= 4 is 11.9 Å². The molecule has 0 atom stereocenters. The quantitative estimate of drug-likeness (QED) is 0.292. The van der Waals surface area contributed by atoms with Gasteiger partial charge < -0.3 is 15.2 Å². The molecule has 0 aromatic heterocycles. The summed E-state index contributed by atoms with van der Waals surface area (Å²) < 4.78 is 4.92. The average molecular weight is 284 g/mol. The van der Waals surface area contributed by atoms with Gasteiger partial charge in [-0.1, -0.05) is 31.8 Å². The SMILES string of the molecule is C=CCCCCCCCCC(=O)NCOC[CH]C(=O)O. The minimum Gasteiger partial charge on any atom is -0.481 e. The van der Waals surface area contributed by atoms with Gasteiger partial charge in [0.15, 0.2) is 0 Å². The molecule has 0 aliphatic heterocycles. The highest BCUT2D eigenvalue weighted by Gasteiger charge is 2.01.